The van der Waals surface area contributed by atoms with Gasteiger partial charge in [0.15, 0.2) is 0 Å². The van der Waals surface area contributed by atoms with Gasteiger partial charge >= 0.3 is 0 Å². The number of amides is 1. The van der Waals surface area contributed by atoms with Crippen LogP contribution in [0.3, 0.4) is 0 Å². The van der Waals surface area contributed by atoms with E-state index in [4.69, 9.17) is 23.2 Å². The summed E-state index contributed by atoms with van der Waals surface area (Å²) in [5.74, 6) is 0.0782. The Morgan fingerprint density at radius 1 is 1.14 bits per heavy atom. The van der Waals surface area contributed by atoms with Crippen molar-refractivity contribution < 1.29 is 4.79 Å². The van der Waals surface area contributed by atoms with Crippen molar-refractivity contribution in [2.75, 3.05) is 13.1 Å². The molecule has 1 heterocycles. The first kappa shape index (κ1) is 16.1. The Hall–Kier alpha value is -0.770. The van der Waals surface area contributed by atoms with E-state index < -0.39 is 0 Å². The molecule has 1 aliphatic heterocycles. The number of benzene rings is 1. The molecule has 1 N–H and O–H groups in total. The van der Waals surface area contributed by atoms with E-state index in [9.17, 15) is 4.79 Å². The van der Waals surface area contributed by atoms with E-state index in [1.54, 1.807) is 12.1 Å². The molecule has 1 aromatic carbocycles. The molecule has 0 radical (unpaired) electrons. The van der Waals surface area contributed by atoms with Crippen LogP contribution < -0.4 is 5.32 Å². The standard InChI is InChI=1S/C17H22Cl2N2O/c18-13-7-6-12(10-14(13)19)11-17(22)20-15-4-3-5-16(15)21-8-1-2-9-21/h6-7,10,15-16H,1-5,8-9,11H2,(H,20,22). The molecule has 0 bridgehead atoms. The Bertz CT molecular complexity index is 543. The van der Waals surface area contributed by atoms with Gasteiger partial charge in [-0.15, -0.1) is 0 Å². The van der Waals surface area contributed by atoms with Gasteiger partial charge in [-0.3, -0.25) is 9.69 Å². The molecule has 3 nitrogen and oxygen atoms in total. The number of hydrogen-bond acceptors (Lipinski definition) is 2. The molecule has 1 aromatic rings. The molecule has 2 aliphatic rings. The third kappa shape index (κ3) is 3.76. The highest BCUT2D eigenvalue weighted by atomic mass is 35.5. The maximum absolute atomic E-state index is 12.3. The summed E-state index contributed by atoms with van der Waals surface area (Å²) < 4.78 is 0. The molecule has 2 fully saturated rings. The second kappa shape index (κ2) is 7.20. The van der Waals surface area contributed by atoms with Crippen molar-refractivity contribution in [3.63, 3.8) is 0 Å². The zero-order chi connectivity index (χ0) is 15.5. The molecule has 1 saturated carbocycles. The zero-order valence-electron chi connectivity index (χ0n) is 12.7. The first-order valence-corrected chi connectivity index (χ1v) is 8.86. The summed E-state index contributed by atoms with van der Waals surface area (Å²) in [6.45, 7) is 2.37. The lowest BCUT2D eigenvalue weighted by Gasteiger charge is -2.29. The van der Waals surface area contributed by atoms with Crippen molar-refractivity contribution in [1.29, 1.82) is 0 Å². The van der Waals surface area contributed by atoms with E-state index in [0.717, 1.165) is 12.0 Å². The molecule has 1 amide bonds. The van der Waals surface area contributed by atoms with Crippen LogP contribution in [0, 0.1) is 0 Å². The second-order valence-corrected chi connectivity index (χ2v) is 7.15. The molecule has 5 heteroatoms. The minimum absolute atomic E-state index is 0.0782. The minimum atomic E-state index is 0.0782. The maximum atomic E-state index is 12.3. The van der Waals surface area contributed by atoms with Gasteiger partial charge in [-0.05, 0) is 62.9 Å². The van der Waals surface area contributed by atoms with E-state index in [2.05, 4.69) is 10.2 Å². The van der Waals surface area contributed by atoms with Crippen molar-refractivity contribution >= 4 is 29.1 Å². The Kier molecular flexibility index (Phi) is 5.27. The van der Waals surface area contributed by atoms with Crippen LogP contribution in [0.5, 0.6) is 0 Å². The summed E-state index contributed by atoms with van der Waals surface area (Å²) in [7, 11) is 0. The molecule has 1 saturated heterocycles. The van der Waals surface area contributed by atoms with E-state index in [1.165, 1.54) is 38.8 Å². The molecule has 120 valence electrons. The average Bonchev–Trinajstić information content (AvgIpc) is 3.13. The lowest BCUT2D eigenvalue weighted by atomic mass is 10.1. The van der Waals surface area contributed by atoms with Crippen LogP contribution in [-0.2, 0) is 11.2 Å². The van der Waals surface area contributed by atoms with Gasteiger partial charge in [0.05, 0.1) is 16.5 Å². The summed E-state index contributed by atoms with van der Waals surface area (Å²) in [5, 5.41) is 4.26. The number of halogens is 2. The quantitative estimate of drug-likeness (QED) is 0.906. The third-order valence-electron chi connectivity index (χ3n) is 4.78. The average molecular weight is 341 g/mol. The number of rotatable bonds is 4. The molecular formula is C17H22Cl2N2O. The number of likely N-dealkylation sites (tertiary alicyclic amines) is 1. The molecule has 22 heavy (non-hydrogen) atoms. The number of carbonyl (C=O) groups excluding carboxylic acids is 1. The largest absolute Gasteiger partial charge is 0.352 e. The lowest BCUT2D eigenvalue weighted by Crippen LogP contribution is -2.48. The summed E-state index contributed by atoms with van der Waals surface area (Å²) in [5.41, 5.74) is 0.905. The first-order valence-electron chi connectivity index (χ1n) is 8.11. The molecule has 2 atom stereocenters. The van der Waals surface area contributed by atoms with Gasteiger partial charge in [-0.2, -0.15) is 0 Å². The summed E-state index contributed by atoms with van der Waals surface area (Å²) in [6, 6.07) is 6.21. The fourth-order valence-electron chi connectivity index (χ4n) is 3.71. The van der Waals surface area contributed by atoms with E-state index >= 15 is 0 Å². The van der Waals surface area contributed by atoms with Crippen LogP contribution in [0.4, 0.5) is 0 Å². The first-order chi connectivity index (χ1) is 10.6. The third-order valence-corrected chi connectivity index (χ3v) is 5.52. The van der Waals surface area contributed by atoms with E-state index in [-0.39, 0.29) is 5.91 Å². The van der Waals surface area contributed by atoms with Gasteiger partial charge in [-0.25, -0.2) is 0 Å². The van der Waals surface area contributed by atoms with Crippen molar-refractivity contribution in [1.82, 2.24) is 10.2 Å². The number of hydrogen-bond donors (Lipinski definition) is 1. The van der Waals surface area contributed by atoms with E-state index in [0.29, 0.717) is 28.5 Å². The monoisotopic (exact) mass is 340 g/mol. The van der Waals surface area contributed by atoms with Crippen molar-refractivity contribution in [2.24, 2.45) is 0 Å². The van der Waals surface area contributed by atoms with Crippen LogP contribution >= 0.6 is 23.2 Å². The Morgan fingerprint density at radius 2 is 1.91 bits per heavy atom. The van der Waals surface area contributed by atoms with Crippen molar-refractivity contribution in [3.8, 4) is 0 Å². The van der Waals surface area contributed by atoms with Crippen LogP contribution in [-0.4, -0.2) is 36.0 Å². The molecule has 0 aromatic heterocycles. The summed E-state index contributed by atoms with van der Waals surface area (Å²) in [4.78, 5) is 14.9. The van der Waals surface area contributed by atoms with Gasteiger partial charge in [0, 0.05) is 12.1 Å². The second-order valence-electron chi connectivity index (χ2n) is 6.34. The summed E-state index contributed by atoms with van der Waals surface area (Å²) in [6.07, 6.45) is 6.45. The predicted molar refractivity (Wildman–Crippen MR) is 90.5 cm³/mol. The van der Waals surface area contributed by atoms with Gasteiger partial charge < -0.3 is 5.32 Å². The molecule has 1 aliphatic carbocycles. The SMILES string of the molecule is O=C(Cc1ccc(Cl)c(Cl)c1)NC1CCCC1N1CCCC1. The van der Waals surface area contributed by atoms with Crippen LogP contribution in [0.2, 0.25) is 10.0 Å². The van der Waals surface area contributed by atoms with Gasteiger partial charge in [-0.1, -0.05) is 29.3 Å². The number of nitrogens with one attached hydrogen (secondary N) is 1. The highest BCUT2D eigenvalue weighted by Crippen LogP contribution is 2.27. The zero-order valence-corrected chi connectivity index (χ0v) is 14.2. The molecular weight excluding hydrogens is 319 g/mol. The summed E-state index contributed by atoms with van der Waals surface area (Å²) >= 11 is 11.9. The Morgan fingerprint density at radius 3 is 2.64 bits per heavy atom. The fourth-order valence-corrected chi connectivity index (χ4v) is 4.03. The van der Waals surface area contributed by atoms with Crippen molar-refractivity contribution in [3.05, 3.63) is 33.8 Å². The number of nitrogens with zero attached hydrogens (tertiary/aromatic N) is 1. The fraction of sp³-hybridized carbons (Fsp3) is 0.588. The molecule has 3 rings (SSSR count). The highest BCUT2D eigenvalue weighted by molar-refractivity contribution is 6.42. The normalized spacial score (nSPS) is 25.5. The Labute approximate surface area is 142 Å². The van der Waals surface area contributed by atoms with Crippen LogP contribution in [0.1, 0.15) is 37.7 Å². The van der Waals surface area contributed by atoms with Crippen LogP contribution in [0.15, 0.2) is 18.2 Å². The van der Waals surface area contributed by atoms with Gasteiger partial charge in [0.2, 0.25) is 5.91 Å². The van der Waals surface area contributed by atoms with Gasteiger partial charge in [0.1, 0.15) is 0 Å². The van der Waals surface area contributed by atoms with Crippen LogP contribution in [0.25, 0.3) is 0 Å². The van der Waals surface area contributed by atoms with Gasteiger partial charge in [0.25, 0.3) is 0 Å². The topological polar surface area (TPSA) is 32.3 Å². The Balaban J connectivity index is 1.57. The predicted octanol–water partition coefficient (Wildman–Crippen LogP) is 3.67. The number of carbonyl (C=O) groups is 1. The molecule has 0 spiro atoms. The van der Waals surface area contributed by atoms with Crippen molar-refractivity contribution in [2.45, 2.75) is 50.6 Å². The smallest absolute Gasteiger partial charge is 0.224 e. The maximum Gasteiger partial charge on any atom is 0.224 e. The van der Waals surface area contributed by atoms with E-state index in [1.807, 2.05) is 6.07 Å². The highest BCUT2D eigenvalue weighted by Gasteiger charge is 2.34. The lowest BCUT2D eigenvalue weighted by molar-refractivity contribution is -0.121. The molecule has 2 unspecified atom stereocenters. The minimum Gasteiger partial charge on any atom is -0.352 e.